The van der Waals surface area contributed by atoms with Crippen molar-refractivity contribution in [3.63, 3.8) is 0 Å². The van der Waals surface area contributed by atoms with E-state index in [0.717, 1.165) is 42.3 Å². The molecule has 0 saturated carbocycles. The second-order valence-electron chi connectivity index (χ2n) is 6.35. The fourth-order valence-electron chi connectivity index (χ4n) is 2.14. The molecule has 0 aliphatic heterocycles. The quantitative estimate of drug-likeness (QED) is 0.632. The minimum Gasteiger partial charge on any atom is -0.312 e. The Balaban J connectivity index is 2.60. The van der Waals surface area contributed by atoms with Crippen LogP contribution >= 0.6 is 11.6 Å². The number of aryl methyl sites for hydroxylation is 2. The van der Waals surface area contributed by atoms with Crippen LogP contribution in [0, 0.1) is 6.92 Å². The third kappa shape index (κ3) is 5.29. The first-order valence-corrected chi connectivity index (χ1v) is 7.75. The summed E-state index contributed by atoms with van der Waals surface area (Å²) in [6.45, 7) is 14.6. The molecule has 0 fully saturated rings. The van der Waals surface area contributed by atoms with E-state index in [0.29, 0.717) is 0 Å². The van der Waals surface area contributed by atoms with E-state index < -0.39 is 0 Å². The lowest BCUT2D eigenvalue weighted by Crippen LogP contribution is -2.36. The topological polar surface area (TPSA) is 29.9 Å². The van der Waals surface area contributed by atoms with E-state index in [4.69, 9.17) is 11.6 Å². The molecule has 0 spiro atoms. The maximum Gasteiger partial charge on any atom is 0.0850 e. The monoisotopic (exact) mass is 297 g/mol. The average Bonchev–Trinajstić information content (AvgIpc) is 2.61. The van der Waals surface area contributed by atoms with Crippen LogP contribution in [0.2, 0.25) is 5.02 Å². The lowest BCUT2D eigenvalue weighted by Gasteiger charge is -2.19. The van der Waals surface area contributed by atoms with Crippen LogP contribution in [0.4, 0.5) is 0 Å². The number of nitrogens with zero attached hydrogens (tertiary/aromatic N) is 2. The minimum absolute atomic E-state index is 0.184. The molecule has 0 bridgehead atoms. The van der Waals surface area contributed by atoms with Crippen molar-refractivity contribution in [2.75, 3.05) is 6.54 Å². The molecular weight excluding hydrogens is 270 g/mol. The molecule has 0 unspecified atom stereocenters. The van der Waals surface area contributed by atoms with E-state index in [9.17, 15) is 0 Å². The van der Waals surface area contributed by atoms with Crippen LogP contribution in [0.15, 0.2) is 11.6 Å². The van der Waals surface area contributed by atoms with Gasteiger partial charge in [-0.2, -0.15) is 5.10 Å². The van der Waals surface area contributed by atoms with Crippen molar-refractivity contribution in [3.05, 3.63) is 28.1 Å². The predicted molar refractivity (Wildman–Crippen MR) is 87.5 cm³/mol. The van der Waals surface area contributed by atoms with Crippen molar-refractivity contribution in [1.82, 2.24) is 15.1 Å². The molecule has 1 aromatic heterocycles. The van der Waals surface area contributed by atoms with Crippen molar-refractivity contribution in [1.29, 1.82) is 0 Å². The highest BCUT2D eigenvalue weighted by molar-refractivity contribution is 6.31. The fourth-order valence-corrected chi connectivity index (χ4v) is 2.34. The first-order valence-electron chi connectivity index (χ1n) is 7.37. The van der Waals surface area contributed by atoms with Crippen LogP contribution < -0.4 is 5.32 Å². The van der Waals surface area contributed by atoms with Gasteiger partial charge in [-0.15, -0.1) is 0 Å². The lowest BCUT2D eigenvalue weighted by molar-refractivity contribution is 0.431. The average molecular weight is 298 g/mol. The standard InChI is InChI=1S/C16H28ClN3/c1-7-20-14(15(17)13(3)19-20)11-12(2)9-8-10-18-16(4,5)6/h9,18H,7-8,10-11H2,1-6H3. The van der Waals surface area contributed by atoms with E-state index in [-0.39, 0.29) is 5.54 Å². The number of aromatic nitrogens is 2. The largest absolute Gasteiger partial charge is 0.312 e. The summed E-state index contributed by atoms with van der Waals surface area (Å²) >= 11 is 6.34. The molecule has 20 heavy (non-hydrogen) atoms. The summed E-state index contributed by atoms with van der Waals surface area (Å²) in [5.74, 6) is 0. The number of halogens is 1. The van der Waals surface area contributed by atoms with Gasteiger partial charge in [0.15, 0.2) is 0 Å². The van der Waals surface area contributed by atoms with Crippen molar-refractivity contribution in [2.45, 2.75) is 66.5 Å². The maximum atomic E-state index is 6.34. The first kappa shape index (κ1) is 17.3. The highest BCUT2D eigenvalue weighted by Gasteiger charge is 2.12. The Labute approximate surface area is 128 Å². The van der Waals surface area contributed by atoms with Crippen LogP contribution in [-0.4, -0.2) is 21.9 Å². The van der Waals surface area contributed by atoms with E-state index in [1.165, 1.54) is 5.57 Å². The van der Waals surface area contributed by atoms with Gasteiger partial charge in [0.25, 0.3) is 0 Å². The van der Waals surface area contributed by atoms with Crippen molar-refractivity contribution < 1.29 is 0 Å². The Hall–Kier alpha value is -0.800. The van der Waals surface area contributed by atoms with Gasteiger partial charge in [-0.1, -0.05) is 23.3 Å². The lowest BCUT2D eigenvalue weighted by atomic mass is 10.1. The van der Waals surface area contributed by atoms with Gasteiger partial charge in [0.1, 0.15) is 0 Å². The minimum atomic E-state index is 0.184. The summed E-state index contributed by atoms with van der Waals surface area (Å²) in [4.78, 5) is 0. The highest BCUT2D eigenvalue weighted by Crippen LogP contribution is 2.22. The fraction of sp³-hybridized carbons (Fsp3) is 0.688. The molecule has 4 heteroatoms. The summed E-state index contributed by atoms with van der Waals surface area (Å²) in [5.41, 5.74) is 3.58. The molecule has 114 valence electrons. The molecule has 0 saturated heterocycles. The molecule has 0 radical (unpaired) electrons. The van der Waals surface area contributed by atoms with Gasteiger partial charge in [0, 0.05) is 18.5 Å². The summed E-state index contributed by atoms with van der Waals surface area (Å²) < 4.78 is 2.00. The Morgan fingerprint density at radius 3 is 2.60 bits per heavy atom. The van der Waals surface area contributed by atoms with Gasteiger partial charge in [0.2, 0.25) is 0 Å². The third-order valence-electron chi connectivity index (χ3n) is 3.19. The second-order valence-corrected chi connectivity index (χ2v) is 6.73. The summed E-state index contributed by atoms with van der Waals surface area (Å²) in [6, 6.07) is 0. The number of allylic oxidation sites excluding steroid dienone is 1. The van der Waals surface area contributed by atoms with Crippen LogP contribution in [-0.2, 0) is 13.0 Å². The summed E-state index contributed by atoms with van der Waals surface area (Å²) in [7, 11) is 0. The van der Waals surface area contributed by atoms with Crippen molar-refractivity contribution in [3.8, 4) is 0 Å². The summed E-state index contributed by atoms with van der Waals surface area (Å²) in [6.07, 6.45) is 4.21. The molecule has 0 aliphatic carbocycles. The van der Waals surface area contributed by atoms with Gasteiger partial charge >= 0.3 is 0 Å². The molecular formula is C16H28ClN3. The highest BCUT2D eigenvalue weighted by atomic mass is 35.5. The van der Waals surface area contributed by atoms with Gasteiger partial charge in [0.05, 0.1) is 16.4 Å². The van der Waals surface area contributed by atoms with Crippen LogP contribution in [0.1, 0.15) is 52.4 Å². The molecule has 3 nitrogen and oxygen atoms in total. The van der Waals surface area contributed by atoms with Crippen LogP contribution in [0.3, 0.4) is 0 Å². The molecule has 1 N–H and O–H groups in total. The van der Waals surface area contributed by atoms with E-state index in [1.807, 2.05) is 11.6 Å². The zero-order chi connectivity index (χ0) is 15.3. The Bertz CT molecular complexity index is 467. The first-order chi connectivity index (χ1) is 9.24. The zero-order valence-corrected chi connectivity index (χ0v) is 14.4. The molecule has 0 amide bonds. The van der Waals surface area contributed by atoms with Crippen molar-refractivity contribution >= 4 is 11.6 Å². The van der Waals surface area contributed by atoms with Gasteiger partial charge in [-0.3, -0.25) is 4.68 Å². The molecule has 0 aromatic carbocycles. The van der Waals surface area contributed by atoms with Crippen molar-refractivity contribution in [2.24, 2.45) is 0 Å². The van der Waals surface area contributed by atoms with Gasteiger partial charge < -0.3 is 5.32 Å². The zero-order valence-electron chi connectivity index (χ0n) is 13.7. The maximum absolute atomic E-state index is 6.34. The van der Waals surface area contributed by atoms with E-state index in [1.54, 1.807) is 0 Å². The molecule has 0 aliphatic rings. The van der Waals surface area contributed by atoms with Crippen LogP contribution in [0.25, 0.3) is 0 Å². The number of hydrogen-bond acceptors (Lipinski definition) is 2. The number of hydrogen-bond donors (Lipinski definition) is 1. The normalized spacial score (nSPS) is 13.1. The van der Waals surface area contributed by atoms with Gasteiger partial charge in [-0.25, -0.2) is 0 Å². The Morgan fingerprint density at radius 2 is 2.05 bits per heavy atom. The Morgan fingerprint density at radius 1 is 1.40 bits per heavy atom. The van der Waals surface area contributed by atoms with E-state index in [2.05, 4.69) is 51.1 Å². The molecule has 1 heterocycles. The van der Waals surface area contributed by atoms with E-state index >= 15 is 0 Å². The molecule has 1 rings (SSSR count). The summed E-state index contributed by atoms with van der Waals surface area (Å²) in [5, 5.41) is 8.76. The third-order valence-corrected chi connectivity index (χ3v) is 3.68. The van der Waals surface area contributed by atoms with Crippen LogP contribution in [0.5, 0.6) is 0 Å². The smallest absolute Gasteiger partial charge is 0.0850 e. The van der Waals surface area contributed by atoms with Gasteiger partial charge in [-0.05, 0) is 54.5 Å². The molecule has 0 atom stereocenters. The number of nitrogens with one attached hydrogen (secondary N) is 1. The SMILES string of the molecule is CCn1nc(C)c(Cl)c1CC(C)=CCCNC(C)(C)C. The second kappa shape index (κ2) is 7.28. The predicted octanol–water partition coefficient (Wildman–Crippen LogP) is 4.13. The Kier molecular flexibility index (Phi) is 6.28. The molecule has 1 aromatic rings. The number of rotatable bonds is 6.